The van der Waals surface area contributed by atoms with E-state index in [1.807, 2.05) is 0 Å². The molecule has 9 heteroatoms. The smallest absolute Gasteiger partial charge is 0.422 e. The molecule has 0 N–H and O–H groups in total. The number of thiophene rings is 1. The maximum absolute atomic E-state index is 13.0. The Morgan fingerprint density at radius 2 is 1.96 bits per heavy atom. The first-order valence-electron chi connectivity index (χ1n) is 6.73. The Morgan fingerprint density at radius 1 is 1.29 bits per heavy atom. The summed E-state index contributed by atoms with van der Waals surface area (Å²) >= 11 is 0.967. The number of rotatable bonds is 3. The van der Waals surface area contributed by atoms with Crippen LogP contribution in [0, 0.1) is 12.7 Å². The van der Waals surface area contributed by atoms with Crippen LogP contribution >= 0.6 is 11.3 Å². The van der Waals surface area contributed by atoms with Gasteiger partial charge in [0.25, 0.3) is 0 Å². The predicted molar refractivity (Wildman–Crippen MR) is 80.0 cm³/mol. The molecule has 0 atom stereocenters. The van der Waals surface area contributed by atoms with Gasteiger partial charge >= 0.3 is 12.1 Å². The van der Waals surface area contributed by atoms with Gasteiger partial charge in [-0.15, -0.1) is 11.3 Å². The van der Waals surface area contributed by atoms with Gasteiger partial charge in [-0.05, 0) is 37.3 Å². The number of hydrogen-bond donors (Lipinski definition) is 0. The molecule has 0 aliphatic carbocycles. The Labute approximate surface area is 137 Å². The van der Waals surface area contributed by atoms with Crippen molar-refractivity contribution < 1.29 is 27.1 Å². The van der Waals surface area contributed by atoms with Crippen LogP contribution in [0.5, 0.6) is 0 Å². The van der Waals surface area contributed by atoms with Gasteiger partial charge in [-0.25, -0.2) is 13.9 Å². The molecule has 4 nitrogen and oxygen atoms in total. The summed E-state index contributed by atoms with van der Waals surface area (Å²) in [4.78, 5) is 12.4. The van der Waals surface area contributed by atoms with E-state index in [-0.39, 0.29) is 4.88 Å². The SMILES string of the molecule is Cc1nn(-c2ccc(F)cc2)c2sc(C(=O)OCC(F)(F)F)cc12. The first kappa shape index (κ1) is 16.4. The van der Waals surface area contributed by atoms with Gasteiger partial charge < -0.3 is 4.74 Å². The lowest BCUT2D eigenvalue weighted by Crippen LogP contribution is -2.19. The monoisotopic (exact) mass is 358 g/mol. The van der Waals surface area contributed by atoms with E-state index in [2.05, 4.69) is 9.84 Å². The zero-order chi connectivity index (χ0) is 17.5. The van der Waals surface area contributed by atoms with Crippen molar-refractivity contribution >= 4 is 27.5 Å². The average molecular weight is 358 g/mol. The molecule has 2 aromatic heterocycles. The van der Waals surface area contributed by atoms with E-state index < -0.39 is 24.6 Å². The lowest BCUT2D eigenvalue weighted by Gasteiger charge is -2.06. The number of hydrogen-bond acceptors (Lipinski definition) is 4. The molecule has 0 fully saturated rings. The van der Waals surface area contributed by atoms with Crippen molar-refractivity contribution in [2.24, 2.45) is 0 Å². The number of carbonyl (C=O) groups is 1. The second-order valence-corrected chi connectivity index (χ2v) is 6.03. The molecule has 126 valence electrons. The lowest BCUT2D eigenvalue weighted by atomic mass is 10.3. The van der Waals surface area contributed by atoms with E-state index in [1.54, 1.807) is 6.92 Å². The molecular weight excluding hydrogens is 348 g/mol. The van der Waals surface area contributed by atoms with Crippen molar-refractivity contribution in [1.82, 2.24) is 9.78 Å². The minimum absolute atomic E-state index is 0.0469. The number of alkyl halides is 3. The van der Waals surface area contributed by atoms with Crippen LogP contribution in [0.15, 0.2) is 30.3 Å². The summed E-state index contributed by atoms with van der Waals surface area (Å²) in [5.41, 5.74) is 1.17. The van der Waals surface area contributed by atoms with Crippen LogP contribution in [-0.2, 0) is 4.74 Å². The summed E-state index contributed by atoms with van der Waals surface area (Å²) in [5, 5.41) is 4.94. The largest absolute Gasteiger partial charge is 0.452 e. The maximum atomic E-state index is 13.0. The van der Waals surface area contributed by atoms with Gasteiger partial charge in [0.1, 0.15) is 15.5 Å². The Balaban J connectivity index is 1.95. The van der Waals surface area contributed by atoms with Crippen molar-refractivity contribution in [2.45, 2.75) is 13.1 Å². The quantitative estimate of drug-likeness (QED) is 0.519. The minimum atomic E-state index is -4.58. The number of carbonyl (C=O) groups excluding carboxylic acids is 1. The molecule has 0 saturated carbocycles. The normalized spacial score (nSPS) is 11.9. The number of aromatic nitrogens is 2. The minimum Gasteiger partial charge on any atom is -0.452 e. The standard InChI is InChI=1S/C15H10F4N2O2S/c1-8-11-6-12(14(22)23-7-15(17,18)19)24-13(11)21(20-8)10-4-2-9(16)3-5-10/h2-6H,7H2,1H3. The highest BCUT2D eigenvalue weighted by Gasteiger charge is 2.30. The molecule has 2 heterocycles. The predicted octanol–water partition coefficient (Wildman–Crippen LogP) is 4.25. The molecule has 1 aromatic carbocycles. The van der Waals surface area contributed by atoms with Crippen LogP contribution in [0.25, 0.3) is 15.9 Å². The second kappa shape index (κ2) is 5.90. The topological polar surface area (TPSA) is 44.1 Å². The number of benzene rings is 1. The molecular formula is C15H10F4N2O2S. The first-order chi connectivity index (χ1) is 11.2. The average Bonchev–Trinajstić information content (AvgIpc) is 3.06. The van der Waals surface area contributed by atoms with Crippen molar-refractivity contribution in [1.29, 1.82) is 0 Å². The van der Waals surface area contributed by atoms with Gasteiger partial charge in [0.05, 0.1) is 11.4 Å². The summed E-state index contributed by atoms with van der Waals surface area (Å²) in [7, 11) is 0. The van der Waals surface area contributed by atoms with Crippen LogP contribution in [0.3, 0.4) is 0 Å². The molecule has 0 radical (unpaired) electrons. The van der Waals surface area contributed by atoms with Crippen molar-refractivity contribution in [3.8, 4) is 5.69 Å². The highest BCUT2D eigenvalue weighted by atomic mass is 32.1. The fourth-order valence-electron chi connectivity index (χ4n) is 2.12. The molecule has 0 spiro atoms. The molecule has 0 aliphatic rings. The molecule has 3 rings (SSSR count). The molecule has 3 aromatic rings. The summed E-state index contributed by atoms with van der Waals surface area (Å²) in [6, 6.07) is 7.01. The molecule has 24 heavy (non-hydrogen) atoms. The van der Waals surface area contributed by atoms with Crippen LogP contribution in [-0.4, -0.2) is 28.5 Å². The summed E-state index contributed by atoms with van der Waals surface area (Å²) < 4.78 is 55.2. The Hall–Kier alpha value is -2.42. The third-order valence-electron chi connectivity index (χ3n) is 3.18. The zero-order valence-electron chi connectivity index (χ0n) is 12.2. The Bertz CT molecular complexity index is 897. The van der Waals surface area contributed by atoms with Gasteiger partial charge in [0, 0.05) is 5.39 Å². The number of nitrogens with zero attached hydrogens (tertiary/aromatic N) is 2. The highest BCUT2D eigenvalue weighted by Crippen LogP contribution is 2.31. The molecule has 0 unspecified atom stereocenters. The molecule has 0 bridgehead atoms. The van der Waals surface area contributed by atoms with Gasteiger partial charge in [-0.1, -0.05) is 0 Å². The number of fused-ring (bicyclic) bond motifs is 1. The van der Waals surface area contributed by atoms with Gasteiger partial charge in [0.15, 0.2) is 6.61 Å². The summed E-state index contributed by atoms with van der Waals surface area (Å²) in [6.07, 6.45) is -4.58. The summed E-state index contributed by atoms with van der Waals surface area (Å²) in [6.45, 7) is 0.0725. The molecule has 0 aliphatic heterocycles. The van der Waals surface area contributed by atoms with Crippen LogP contribution in [0.4, 0.5) is 17.6 Å². The number of esters is 1. The number of halogens is 4. The fourth-order valence-corrected chi connectivity index (χ4v) is 3.20. The fraction of sp³-hybridized carbons (Fsp3) is 0.200. The third kappa shape index (κ3) is 3.25. The lowest BCUT2D eigenvalue weighted by molar-refractivity contribution is -0.161. The van der Waals surface area contributed by atoms with Crippen LogP contribution < -0.4 is 0 Å². The van der Waals surface area contributed by atoms with E-state index in [9.17, 15) is 22.4 Å². The Morgan fingerprint density at radius 3 is 2.58 bits per heavy atom. The van der Waals surface area contributed by atoms with E-state index in [1.165, 1.54) is 35.0 Å². The first-order valence-corrected chi connectivity index (χ1v) is 7.55. The van der Waals surface area contributed by atoms with Crippen LogP contribution in [0.1, 0.15) is 15.4 Å². The zero-order valence-corrected chi connectivity index (χ0v) is 13.0. The van der Waals surface area contributed by atoms with Crippen molar-refractivity contribution in [3.05, 3.63) is 46.7 Å². The molecule has 0 saturated heterocycles. The van der Waals surface area contributed by atoms with Gasteiger partial charge in [0.2, 0.25) is 0 Å². The summed E-state index contributed by atoms with van der Waals surface area (Å²) in [5.74, 6) is -1.44. The van der Waals surface area contributed by atoms with Crippen molar-refractivity contribution in [2.75, 3.05) is 6.61 Å². The van der Waals surface area contributed by atoms with Crippen LogP contribution in [0.2, 0.25) is 0 Å². The van der Waals surface area contributed by atoms with Gasteiger partial charge in [-0.2, -0.15) is 18.3 Å². The number of aryl methyl sites for hydroxylation is 1. The Kier molecular flexibility index (Phi) is 4.04. The van der Waals surface area contributed by atoms with E-state index in [4.69, 9.17) is 0 Å². The maximum Gasteiger partial charge on any atom is 0.422 e. The van der Waals surface area contributed by atoms with Crippen molar-refractivity contribution in [3.63, 3.8) is 0 Å². The highest BCUT2D eigenvalue weighted by molar-refractivity contribution is 7.20. The third-order valence-corrected chi connectivity index (χ3v) is 4.27. The van der Waals surface area contributed by atoms with Gasteiger partial charge in [-0.3, -0.25) is 0 Å². The second-order valence-electron chi connectivity index (χ2n) is 4.99. The van der Waals surface area contributed by atoms with E-state index >= 15 is 0 Å². The van der Waals surface area contributed by atoms with E-state index in [0.717, 1.165) is 11.3 Å². The number of ether oxygens (including phenoxy) is 1. The molecule has 0 amide bonds. The van der Waals surface area contributed by atoms with E-state index in [0.29, 0.717) is 21.6 Å².